The summed E-state index contributed by atoms with van der Waals surface area (Å²) in [7, 11) is 1.60. The van der Waals surface area contributed by atoms with E-state index in [0.29, 0.717) is 11.3 Å². The summed E-state index contributed by atoms with van der Waals surface area (Å²) in [6, 6.07) is 3.87. The predicted molar refractivity (Wildman–Crippen MR) is 72.9 cm³/mol. The van der Waals surface area contributed by atoms with Gasteiger partial charge in [-0.15, -0.1) is 0 Å². The molecule has 1 aromatic carbocycles. The van der Waals surface area contributed by atoms with Crippen LogP contribution in [0.3, 0.4) is 0 Å². The van der Waals surface area contributed by atoms with Gasteiger partial charge >= 0.3 is 5.97 Å². The third kappa shape index (κ3) is 2.75. The third-order valence-corrected chi connectivity index (χ3v) is 3.19. The summed E-state index contributed by atoms with van der Waals surface area (Å²) < 4.78 is 19.4. The van der Waals surface area contributed by atoms with Crippen molar-refractivity contribution in [1.29, 1.82) is 0 Å². The molecule has 0 unspecified atom stereocenters. The molecule has 1 heterocycles. The van der Waals surface area contributed by atoms with Crippen LogP contribution in [0.2, 0.25) is 5.02 Å². The summed E-state index contributed by atoms with van der Waals surface area (Å²) >= 11 is 5.85. The molecule has 0 aliphatic heterocycles. The summed E-state index contributed by atoms with van der Waals surface area (Å²) in [6.07, 6.45) is 0. The number of hydrogen-bond acceptors (Lipinski definition) is 4. The molecular formula is C13H13ClFN3O2. The standard InChI is InChI=1S/C13H13ClFN3O2/c1-7-11(16)12(18(2)17-7)13(19)20-6-8-3-4-9(15)5-10(8)14/h3-5H,6,16H2,1-2H3. The third-order valence-electron chi connectivity index (χ3n) is 2.84. The van der Waals surface area contributed by atoms with Crippen molar-refractivity contribution in [3.63, 3.8) is 0 Å². The van der Waals surface area contributed by atoms with Crippen molar-refractivity contribution >= 4 is 23.3 Å². The van der Waals surface area contributed by atoms with Crippen LogP contribution in [0.15, 0.2) is 18.2 Å². The zero-order valence-corrected chi connectivity index (χ0v) is 11.7. The van der Waals surface area contributed by atoms with Gasteiger partial charge in [-0.25, -0.2) is 9.18 Å². The maximum Gasteiger partial charge on any atom is 0.359 e. The highest BCUT2D eigenvalue weighted by Gasteiger charge is 2.19. The Bertz CT molecular complexity index is 670. The Morgan fingerprint density at radius 3 is 2.80 bits per heavy atom. The van der Waals surface area contributed by atoms with Gasteiger partial charge in [0.05, 0.1) is 16.4 Å². The summed E-state index contributed by atoms with van der Waals surface area (Å²) in [5, 5.41) is 4.23. The van der Waals surface area contributed by atoms with E-state index in [1.54, 1.807) is 14.0 Å². The van der Waals surface area contributed by atoms with Crippen LogP contribution >= 0.6 is 11.6 Å². The molecule has 0 spiro atoms. The molecule has 106 valence electrons. The van der Waals surface area contributed by atoms with Gasteiger partial charge in [0.25, 0.3) is 0 Å². The number of aryl methyl sites for hydroxylation is 2. The number of anilines is 1. The molecule has 2 N–H and O–H groups in total. The Kier molecular flexibility index (Phi) is 3.94. The number of nitrogens with two attached hydrogens (primary N) is 1. The molecule has 0 radical (unpaired) electrons. The molecule has 0 amide bonds. The van der Waals surface area contributed by atoms with Crippen LogP contribution < -0.4 is 5.73 Å². The molecule has 20 heavy (non-hydrogen) atoms. The van der Waals surface area contributed by atoms with Crippen LogP contribution in [0.25, 0.3) is 0 Å². The fraction of sp³-hybridized carbons (Fsp3) is 0.231. The number of nitrogens with zero attached hydrogens (tertiary/aromatic N) is 2. The van der Waals surface area contributed by atoms with Gasteiger partial charge in [-0.05, 0) is 19.1 Å². The molecule has 0 atom stereocenters. The van der Waals surface area contributed by atoms with Gasteiger partial charge in [0, 0.05) is 12.6 Å². The SMILES string of the molecule is Cc1nn(C)c(C(=O)OCc2ccc(F)cc2Cl)c1N. The van der Waals surface area contributed by atoms with Crippen LogP contribution in [0.1, 0.15) is 21.7 Å². The van der Waals surface area contributed by atoms with E-state index in [9.17, 15) is 9.18 Å². The molecule has 5 nitrogen and oxygen atoms in total. The molecule has 0 saturated carbocycles. The quantitative estimate of drug-likeness (QED) is 0.884. The topological polar surface area (TPSA) is 70.1 Å². The Morgan fingerprint density at radius 2 is 2.25 bits per heavy atom. The van der Waals surface area contributed by atoms with Gasteiger partial charge in [0.15, 0.2) is 5.69 Å². The van der Waals surface area contributed by atoms with Gasteiger partial charge in [-0.3, -0.25) is 4.68 Å². The monoisotopic (exact) mass is 297 g/mol. The summed E-state index contributed by atoms with van der Waals surface area (Å²) in [6.45, 7) is 1.63. The molecule has 2 aromatic rings. The molecule has 0 aliphatic rings. The first-order chi connectivity index (χ1) is 9.40. The van der Waals surface area contributed by atoms with E-state index in [4.69, 9.17) is 22.1 Å². The lowest BCUT2D eigenvalue weighted by Gasteiger charge is -2.07. The highest BCUT2D eigenvalue weighted by atomic mass is 35.5. The molecule has 2 rings (SSSR count). The second kappa shape index (κ2) is 5.50. The lowest BCUT2D eigenvalue weighted by atomic mass is 10.2. The first-order valence-electron chi connectivity index (χ1n) is 5.80. The zero-order valence-electron chi connectivity index (χ0n) is 11.0. The molecule has 1 aromatic heterocycles. The fourth-order valence-electron chi connectivity index (χ4n) is 1.77. The normalized spacial score (nSPS) is 10.6. The number of carbonyl (C=O) groups excluding carboxylic acids is 1. The molecule has 7 heteroatoms. The lowest BCUT2D eigenvalue weighted by molar-refractivity contribution is 0.0461. The van der Waals surface area contributed by atoms with Crippen LogP contribution in [-0.4, -0.2) is 15.7 Å². The number of halogens is 2. The second-order valence-corrected chi connectivity index (χ2v) is 4.69. The number of nitrogen functional groups attached to an aromatic ring is 1. The van der Waals surface area contributed by atoms with E-state index in [1.165, 1.54) is 16.8 Å². The fourth-order valence-corrected chi connectivity index (χ4v) is 1.99. The number of benzene rings is 1. The minimum atomic E-state index is -0.606. The number of aromatic nitrogens is 2. The van der Waals surface area contributed by atoms with Gasteiger partial charge in [-0.2, -0.15) is 5.10 Å². The van der Waals surface area contributed by atoms with E-state index in [0.717, 1.165) is 6.07 Å². The van der Waals surface area contributed by atoms with Gasteiger partial charge in [0.1, 0.15) is 12.4 Å². The Labute approximate surface area is 120 Å². The molecule has 0 aliphatic carbocycles. The zero-order chi connectivity index (χ0) is 14.9. The van der Waals surface area contributed by atoms with Crippen LogP contribution in [0.5, 0.6) is 0 Å². The first-order valence-corrected chi connectivity index (χ1v) is 6.18. The van der Waals surface area contributed by atoms with Crippen LogP contribution in [0, 0.1) is 12.7 Å². The molecule has 0 saturated heterocycles. The molecule has 0 fully saturated rings. The summed E-state index contributed by atoms with van der Waals surface area (Å²) in [5.41, 5.74) is 7.29. The first kappa shape index (κ1) is 14.3. The number of rotatable bonds is 3. The van der Waals surface area contributed by atoms with Crippen molar-refractivity contribution in [3.8, 4) is 0 Å². The largest absolute Gasteiger partial charge is 0.456 e. The minimum absolute atomic E-state index is 0.0678. The van der Waals surface area contributed by atoms with E-state index < -0.39 is 11.8 Å². The molecular weight excluding hydrogens is 285 g/mol. The van der Waals surface area contributed by atoms with E-state index >= 15 is 0 Å². The Hall–Kier alpha value is -2.08. The van der Waals surface area contributed by atoms with Crippen LogP contribution in [0.4, 0.5) is 10.1 Å². The van der Waals surface area contributed by atoms with E-state index in [-0.39, 0.29) is 23.0 Å². The maximum absolute atomic E-state index is 12.9. The van der Waals surface area contributed by atoms with Crippen molar-refractivity contribution in [2.75, 3.05) is 5.73 Å². The smallest absolute Gasteiger partial charge is 0.359 e. The molecule has 0 bridgehead atoms. The van der Waals surface area contributed by atoms with E-state index in [2.05, 4.69) is 5.10 Å². The van der Waals surface area contributed by atoms with Crippen molar-refractivity contribution in [2.24, 2.45) is 7.05 Å². The summed E-state index contributed by atoms with van der Waals surface area (Å²) in [5.74, 6) is -1.05. The number of carbonyl (C=O) groups is 1. The van der Waals surface area contributed by atoms with Crippen molar-refractivity contribution < 1.29 is 13.9 Å². The van der Waals surface area contributed by atoms with Crippen molar-refractivity contribution in [3.05, 3.63) is 46.0 Å². The lowest BCUT2D eigenvalue weighted by Crippen LogP contribution is -2.12. The second-order valence-electron chi connectivity index (χ2n) is 4.28. The van der Waals surface area contributed by atoms with Gasteiger partial charge in [-0.1, -0.05) is 17.7 Å². The predicted octanol–water partition coefficient (Wildman–Crippen LogP) is 2.46. The number of esters is 1. The minimum Gasteiger partial charge on any atom is -0.456 e. The number of ether oxygens (including phenoxy) is 1. The van der Waals surface area contributed by atoms with Crippen molar-refractivity contribution in [2.45, 2.75) is 13.5 Å². The number of hydrogen-bond donors (Lipinski definition) is 1. The van der Waals surface area contributed by atoms with Crippen molar-refractivity contribution in [1.82, 2.24) is 9.78 Å². The van der Waals surface area contributed by atoms with Gasteiger partial charge in [0.2, 0.25) is 0 Å². The Balaban J connectivity index is 2.13. The van der Waals surface area contributed by atoms with Crippen LogP contribution in [-0.2, 0) is 18.4 Å². The highest BCUT2D eigenvalue weighted by Crippen LogP contribution is 2.20. The highest BCUT2D eigenvalue weighted by molar-refractivity contribution is 6.31. The summed E-state index contributed by atoms with van der Waals surface area (Å²) in [4.78, 5) is 12.0. The Morgan fingerprint density at radius 1 is 1.55 bits per heavy atom. The van der Waals surface area contributed by atoms with Gasteiger partial charge < -0.3 is 10.5 Å². The average molecular weight is 298 g/mol. The van der Waals surface area contributed by atoms with E-state index in [1.807, 2.05) is 0 Å². The maximum atomic E-state index is 12.9. The average Bonchev–Trinajstić information content (AvgIpc) is 2.62.